The fraction of sp³-hybridized carbons (Fsp3) is 0.0667. The second-order valence-corrected chi connectivity index (χ2v) is 6.92. The summed E-state index contributed by atoms with van der Waals surface area (Å²) in [6.45, 7) is -0.267. The Morgan fingerprint density at radius 2 is 1.90 bits per heavy atom. The second kappa shape index (κ2) is 7.54. The molecule has 0 aliphatic heterocycles. The van der Waals surface area contributed by atoms with E-state index in [-0.39, 0.29) is 12.4 Å². The van der Waals surface area contributed by atoms with Crippen LogP contribution in [-0.2, 0) is 9.53 Å². The quantitative estimate of drug-likeness (QED) is 0.429. The van der Waals surface area contributed by atoms with Crippen LogP contribution >= 0.6 is 38.9 Å². The Bertz CT molecular complexity index is 676. The van der Waals surface area contributed by atoms with Crippen LogP contribution < -0.4 is 0 Å². The van der Waals surface area contributed by atoms with Gasteiger partial charge in [-0.1, -0.05) is 23.7 Å². The molecule has 6 heteroatoms. The molecule has 0 bridgehead atoms. The number of rotatable bonds is 5. The van der Waals surface area contributed by atoms with Crippen molar-refractivity contribution >= 4 is 56.7 Å². The number of carbonyl (C=O) groups excluding carboxylic acids is 2. The molecule has 1 heterocycles. The Balaban J connectivity index is 1.84. The van der Waals surface area contributed by atoms with Crippen LogP contribution in [0.2, 0.25) is 5.02 Å². The summed E-state index contributed by atoms with van der Waals surface area (Å²) < 4.78 is 5.76. The summed E-state index contributed by atoms with van der Waals surface area (Å²) in [7, 11) is 0. The summed E-state index contributed by atoms with van der Waals surface area (Å²) in [5.74, 6) is -0.784. The van der Waals surface area contributed by atoms with E-state index in [9.17, 15) is 9.59 Å². The average Bonchev–Trinajstić information content (AvgIpc) is 2.91. The molecular weight excluding hydrogens is 376 g/mol. The van der Waals surface area contributed by atoms with Crippen LogP contribution in [-0.4, -0.2) is 18.4 Å². The van der Waals surface area contributed by atoms with Crippen molar-refractivity contribution in [3.63, 3.8) is 0 Å². The van der Waals surface area contributed by atoms with Gasteiger partial charge in [0.1, 0.15) is 0 Å². The lowest BCUT2D eigenvalue weighted by atomic mass is 10.2. The summed E-state index contributed by atoms with van der Waals surface area (Å²) in [6, 6.07) is 10.5. The second-order valence-electron chi connectivity index (χ2n) is 4.02. The van der Waals surface area contributed by atoms with Gasteiger partial charge < -0.3 is 4.74 Å². The van der Waals surface area contributed by atoms with Crippen molar-refractivity contribution < 1.29 is 14.3 Å². The average molecular weight is 386 g/mol. The third-order valence-electron chi connectivity index (χ3n) is 2.48. The van der Waals surface area contributed by atoms with E-state index >= 15 is 0 Å². The first-order valence-corrected chi connectivity index (χ1v) is 7.92. The van der Waals surface area contributed by atoms with E-state index in [0.717, 1.165) is 9.35 Å². The highest BCUT2D eigenvalue weighted by Gasteiger charge is 2.10. The zero-order chi connectivity index (χ0) is 15.2. The Morgan fingerprint density at radius 1 is 1.19 bits per heavy atom. The molecule has 21 heavy (non-hydrogen) atoms. The van der Waals surface area contributed by atoms with E-state index in [0.29, 0.717) is 9.90 Å². The fourth-order valence-corrected chi connectivity index (χ4v) is 2.89. The number of Topliss-reactive ketones (excluding diaryl/α,β-unsaturated/α-hetero) is 1. The van der Waals surface area contributed by atoms with Gasteiger partial charge >= 0.3 is 5.97 Å². The van der Waals surface area contributed by atoms with E-state index in [1.165, 1.54) is 17.4 Å². The third-order valence-corrected chi connectivity index (χ3v) is 4.39. The Labute approximate surface area is 139 Å². The normalized spacial score (nSPS) is 10.8. The number of hydrogen-bond donors (Lipinski definition) is 0. The molecule has 0 saturated heterocycles. The first-order valence-electron chi connectivity index (χ1n) is 5.93. The van der Waals surface area contributed by atoms with Crippen molar-refractivity contribution in [2.45, 2.75) is 0 Å². The fourth-order valence-electron chi connectivity index (χ4n) is 1.46. The Hall–Kier alpha value is -1.43. The molecule has 108 valence electrons. The van der Waals surface area contributed by atoms with Gasteiger partial charge in [-0.25, -0.2) is 4.79 Å². The maximum atomic E-state index is 11.7. The van der Waals surface area contributed by atoms with Crippen LogP contribution in [0.4, 0.5) is 0 Å². The zero-order valence-electron chi connectivity index (χ0n) is 10.7. The Morgan fingerprint density at radius 3 is 2.52 bits per heavy atom. The molecule has 0 unspecified atom stereocenters. The van der Waals surface area contributed by atoms with Crippen molar-refractivity contribution in [1.29, 1.82) is 0 Å². The predicted octanol–water partition coefficient (Wildman–Crippen LogP) is 4.60. The molecule has 0 radical (unpaired) electrons. The lowest BCUT2D eigenvalue weighted by Crippen LogP contribution is -2.11. The molecule has 1 aromatic heterocycles. The van der Waals surface area contributed by atoms with E-state index in [1.54, 1.807) is 42.5 Å². The van der Waals surface area contributed by atoms with Gasteiger partial charge in [-0.15, -0.1) is 11.3 Å². The van der Waals surface area contributed by atoms with Gasteiger partial charge in [0, 0.05) is 11.1 Å². The smallest absolute Gasteiger partial charge is 0.331 e. The molecule has 1 aromatic carbocycles. The number of thiophene rings is 1. The molecule has 2 rings (SSSR count). The van der Waals surface area contributed by atoms with Gasteiger partial charge in [0.05, 0.1) is 8.66 Å². The minimum absolute atomic E-state index is 0.223. The minimum atomic E-state index is -0.561. The predicted molar refractivity (Wildman–Crippen MR) is 87.8 cm³/mol. The van der Waals surface area contributed by atoms with E-state index < -0.39 is 5.97 Å². The van der Waals surface area contributed by atoms with Crippen molar-refractivity contribution in [2.75, 3.05) is 6.61 Å². The van der Waals surface area contributed by atoms with Crippen LogP contribution in [0.15, 0.2) is 46.3 Å². The molecule has 0 N–H and O–H groups in total. The highest BCUT2D eigenvalue weighted by atomic mass is 79.9. The number of esters is 1. The number of ketones is 1. The standard InChI is InChI=1S/C15H10BrClO3S/c16-14-7-6-13(21-14)12(18)9-20-15(19)8-3-10-1-4-11(17)5-2-10/h1-8H,9H2. The van der Waals surface area contributed by atoms with Gasteiger partial charge in [0.25, 0.3) is 0 Å². The van der Waals surface area contributed by atoms with E-state index in [1.807, 2.05) is 0 Å². The number of halogens is 2. The van der Waals surface area contributed by atoms with Crippen LogP contribution in [0.1, 0.15) is 15.2 Å². The van der Waals surface area contributed by atoms with Crippen LogP contribution in [0, 0.1) is 0 Å². The van der Waals surface area contributed by atoms with Gasteiger partial charge in [0.2, 0.25) is 5.78 Å². The van der Waals surface area contributed by atoms with Gasteiger partial charge in [0.15, 0.2) is 6.61 Å². The molecule has 0 spiro atoms. The molecule has 0 fully saturated rings. The summed E-state index contributed by atoms with van der Waals surface area (Å²) in [6.07, 6.45) is 2.88. The highest BCUT2D eigenvalue weighted by Crippen LogP contribution is 2.22. The summed E-state index contributed by atoms with van der Waals surface area (Å²) >= 11 is 10.3. The lowest BCUT2D eigenvalue weighted by molar-refractivity contribution is -0.136. The SMILES string of the molecule is O=C(C=Cc1ccc(Cl)cc1)OCC(=O)c1ccc(Br)s1. The molecule has 0 saturated carbocycles. The lowest BCUT2D eigenvalue weighted by Gasteiger charge is -1.99. The minimum Gasteiger partial charge on any atom is -0.454 e. The maximum Gasteiger partial charge on any atom is 0.331 e. The van der Waals surface area contributed by atoms with Crippen molar-refractivity contribution in [3.05, 3.63) is 61.7 Å². The summed E-state index contributed by atoms with van der Waals surface area (Å²) in [5, 5.41) is 0.627. The first-order chi connectivity index (χ1) is 10.0. The zero-order valence-corrected chi connectivity index (χ0v) is 13.9. The molecule has 3 nitrogen and oxygen atoms in total. The number of ether oxygens (including phenoxy) is 1. The third kappa shape index (κ3) is 5.12. The van der Waals surface area contributed by atoms with E-state index in [4.69, 9.17) is 16.3 Å². The molecular formula is C15H10BrClO3S. The molecule has 0 aliphatic rings. The Kier molecular flexibility index (Phi) is 5.73. The summed E-state index contributed by atoms with van der Waals surface area (Å²) in [5.41, 5.74) is 0.824. The molecule has 0 atom stereocenters. The maximum absolute atomic E-state index is 11.7. The van der Waals surface area contributed by atoms with Crippen molar-refractivity contribution in [1.82, 2.24) is 0 Å². The topological polar surface area (TPSA) is 43.4 Å². The van der Waals surface area contributed by atoms with Crippen LogP contribution in [0.25, 0.3) is 6.08 Å². The van der Waals surface area contributed by atoms with Gasteiger partial charge in [-0.05, 0) is 51.8 Å². The number of hydrogen-bond acceptors (Lipinski definition) is 4. The molecule has 2 aromatic rings. The van der Waals surface area contributed by atoms with Crippen molar-refractivity contribution in [3.8, 4) is 0 Å². The van der Waals surface area contributed by atoms with Crippen LogP contribution in [0.3, 0.4) is 0 Å². The largest absolute Gasteiger partial charge is 0.454 e. The molecule has 0 aliphatic carbocycles. The highest BCUT2D eigenvalue weighted by molar-refractivity contribution is 9.11. The van der Waals surface area contributed by atoms with E-state index in [2.05, 4.69) is 15.9 Å². The number of carbonyl (C=O) groups is 2. The van der Waals surface area contributed by atoms with Gasteiger partial charge in [-0.3, -0.25) is 4.79 Å². The molecule has 0 amide bonds. The van der Waals surface area contributed by atoms with Crippen LogP contribution in [0.5, 0.6) is 0 Å². The number of benzene rings is 1. The first kappa shape index (κ1) is 15.9. The monoisotopic (exact) mass is 384 g/mol. The van der Waals surface area contributed by atoms with Gasteiger partial charge in [-0.2, -0.15) is 0 Å². The summed E-state index contributed by atoms with van der Waals surface area (Å²) in [4.78, 5) is 23.8. The van der Waals surface area contributed by atoms with Crippen molar-refractivity contribution in [2.24, 2.45) is 0 Å².